The first kappa shape index (κ1) is 20.6. The Labute approximate surface area is 180 Å². The van der Waals surface area contributed by atoms with Gasteiger partial charge < -0.3 is 19.7 Å². The monoisotopic (exact) mass is 426 g/mol. The van der Waals surface area contributed by atoms with Crippen LogP contribution in [0.3, 0.4) is 0 Å². The third-order valence-electron chi connectivity index (χ3n) is 5.27. The van der Waals surface area contributed by atoms with Gasteiger partial charge >= 0.3 is 0 Å². The molecule has 2 heterocycles. The number of thioether (sulfide) groups is 1. The Bertz CT molecular complexity index is 916. The topological polar surface area (TPSA) is 67.9 Å². The summed E-state index contributed by atoms with van der Waals surface area (Å²) in [7, 11) is 0. The van der Waals surface area contributed by atoms with Crippen molar-refractivity contribution in [2.75, 3.05) is 30.8 Å². The zero-order valence-corrected chi connectivity index (χ0v) is 17.9. The van der Waals surface area contributed by atoms with Crippen molar-refractivity contribution >= 4 is 29.3 Å². The van der Waals surface area contributed by atoms with Crippen molar-refractivity contribution < 1.29 is 19.1 Å². The molecule has 2 aliphatic rings. The van der Waals surface area contributed by atoms with Gasteiger partial charge in [0.1, 0.15) is 0 Å². The summed E-state index contributed by atoms with van der Waals surface area (Å²) in [5.41, 5.74) is 1.86. The number of carbonyl (C=O) groups excluding carboxylic acids is 2. The predicted octanol–water partition coefficient (Wildman–Crippen LogP) is 4.26. The van der Waals surface area contributed by atoms with Gasteiger partial charge in [-0.2, -0.15) is 0 Å². The summed E-state index contributed by atoms with van der Waals surface area (Å²) in [4.78, 5) is 27.1. The Morgan fingerprint density at radius 1 is 1.07 bits per heavy atom. The third-order valence-corrected chi connectivity index (χ3v) is 6.26. The van der Waals surface area contributed by atoms with Crippen molar-refractivity contribution in [1.82, 2.24) is 4.90 Å². The summed E-state index contributed by atoms with van der Waals surface area (Å²) < 4.78 is 11.6. The van der Waals surface area contributed by atoms with Crippen LogP contribution in [-0.4, -0.2) is 42.2 Å². The predicted molar refractivity (Wildman–Crippen MR) is 117 cm³/mol. The standard InChI is InChI=1S/C23H26N2O4S/c1-16(26)24-18-6-8-19(9-7-18)30-15-23(27)25-11-2-4-20(25)17-5-10-21-22(14-17)29-13-3-12-28-21/h5-10,14,20H,2-4,11-13,15H2,1H3,(H,24,26)/t20-/m0/s1. The lowest BCUT2D eigenvalue weighted by Crippen LogP contribution is -2.32. The van der Waals surface area contributed by atoms with Gasteiger partial charge in [-0.3, -0.25) is 9.59 Å². The number of nitrogens with zero attached hydrogens (tertiary/aromatic N) is 1. The molecule has 0 bridgehead atoms. The number of benzene rings is 2. The molecule has 0 saturated carbocycles. The molecule has 0 unspecified atom stereocenters. The summed E-state index contributed by atoms with van der Waals surface area (Å²) in [6, 6.07) is 13.7. The molecule has 0 spiro atoms. The summed E-state index contributed by atoms with van der Waals surface area (Å²) in [6.45, 7) is 3.58. The number of carbonyl (C=O) groups is 2. The normalized spacial score (nSPS) is 18.0. The van der Waals surface area contributed by atoms with Gasteiger partial charge in [-0.25, -0.2) is 0 Å². The highest BCUT2D eigenvalue weighted by Gasteiger charge is 2.30. The van der Waals surface area contributed by atoms with E-state index < -0.39 is 0 Å². The maximum atomic E-state index is 13.0. The molecule has 2 aromatic rings. The van der Waals surface area contributed by atoms with Crippen LogP contribution in [0.4, 0.5) is 5.69 Å². The zero-order valence-electron chi connectivity index (χ0n) is 17.1. The van der Waals surface area contributed by atoms with Crippen LogP contribution in [0.25, 0.3) is 0 Å². The minimum absolute atomic E-state index is 0.0809. The number of rotatable bonds is 5. The second-order valence-electron chi connectivity index (χ2n) is 7.50. The zero-order chi connectivity index (χ0) is 20.9. The fourth-order valence-corrected chi connectivity index (χ4v) is 4.65. The molecule has 2 aliphatic heterocycles. The van der Waals surface area contributed by atoms with E-state index in [1.54, 1.807) is 0 Å². The fraction of sp³-hybridized carbons (Fsp3) is 0.391. The number of fused-ring (bicyclic) bond motifs is 1. The molecule has 6 nitrogen and oxygen atoms in total. The Kier molecular flexibility index (Phi) is 6.47. The second kappa shape index (κ2) is 9.43. The molecule has 7 heteroatoms. The van der Waals surface area contributed by atoms with Gasteiger partial charge in [-0.1, -0.05) is 6.07 Å². The highest BCUT2D eigenvalue weighted by atomic mass is 32.2. The smallest absolute Gasteiger partial charge is 0.233 e. The SMILES string of the molecule is CC(=O)Nc1ccc(SCC(=O)N2CCC[C@H]2c2ccc3c(c2)OCCCO3)cc1. The van der Waals surface area contributed by atoms with Crippen molar-refractivity contribution in [2.45, 2.75) is 37.1 Å². The quantitative estimate of drug-likeness (QED) is 0.724. The van der Waals surface area contributed by atoms with Gasteiger partial charge in [0, 0.05) is 30.5 Å². The molecule has 2 aromatic carbocycles. The van der Waals surface area contributed by atoms with Gasteiger partial charge in [0.25, 0.3) is 0 Å². The summed E-state index contributed by atoms with van der Waals surface area (Å²) >= 11 is 1.52. The van der Waals surface area contributed by atoms with Crippen LogP contribution < -0.4 is 14.8 Å². The van der Waals surface area contributed by atoms with E-state index in [4.69, 9.17) is 9.47 Å². The van der Waals surface area contributed by atoms with E-state index in [1.165, 1.54) is 18.7 Å². The number of anilines is 1. The van der Waals surface area contributed by atoms with E-state index in [9.17, 15) is 9.59 Å². The van der Waals surface area contributed by atoms with Gasteiger partial charge in [0.05, 0.1) is 25.0 Å². The fourth-order valence-electron chi connectivity index (χ4n) is 3.86. The van der Waals surface area contributed by atoms with Gasteiger partial charge in [0.2, 0.25) is 11.8 Å². The molecule has 0 aromatic heterocycles. The number of hydrogen-bond donors (Lipinski definition) is 1. The van der Waals surface area contributed by atoms with Crippen molar-refractivity contribution in [3.8, 4) is 11.5 Å². The minimum atomic E-state index is -0.0968. The van der Waals surface area contributed by atoms with E-state index >= 15 is 0 Å². The van der Waals surface area contributed by atoms with Crippen LogP contribution >= 0.6 is 11.8 Å². The van der Waals surface area contributed by atoms with Crippen molar-refractivity contribution in [2.24, 2.45) is 0 Å². The lowest BCUT2D eigenvalue weighted by Gasteiger charge is -2.25. The molecular formula is C23H26N2O4S. The first-order chi connectivity index (χ1) is 14.6. The maximum absolute atomic E-state index is 13.0. The number of nitrogens with one attached hydrogen (secondary N) is 1. The summed E-state index contributed by atoms with van der Waals surface area (Å²) in [5.74, 6) is 1.99. The lowest BCUT2D eigenvalue weighted by atomic mass is 10.0. The van der Waals surface area contributed by atoms with Gasteiger partial charge in [-0.15, -0.1) is 11.8 Å². The van der Waals surface area contributed by atoms with E-state index in [0.29, 0.717) is 19.0 Å². The number of likely N-dealkylation sites (tertiary alicyclic amines) is 1. The van der Waals surface area contributed by atoms with Crippen molar-refractivity contribution in [1.29, 1.82) is 0 Å². The maximum Gasteiger partial charge on any atom is 0.233 e. The molecular weight excluding hydrogens is 400 g/mol. The minimum Gasteiger partial charge on any atom is -0.490 e. The third kappa shape index (κ3) is 4.90. The van der Waals surface area contributed by atoms with Gasteiger partial charge in [0.15, 0.2) is 11.5 Å². The largest absolute Gasteiger partial charge is 0.490 e. The average Bonchev–Trinajstić information content (AvgIpc) is 3.11. The number of hydrogen-bond acceptors (Lipinski definition) is 5. The molecule has 0 aliphatic carbocycles. The molecule has 2 amide bonds. The summed E-state index contributed by atoms with van der Waals surface area (Å²) in [5, 5.41) is 2.75. The molecule has 30 heavy (non-hydrogen) atoms. The Balaban J connectivity index is 1.39. The lowest BCUT2D eigenvalue weighted by molar-refractivity contribution is -0.129. The van der Waals surface area contributed by atoms with E-state index in [1.807, 2.05) is 41.3 Å². The Hall–Kier alpha value is -2.67. The average molecular weight is 427 g/mol. The molecule has 1 N–H and O–H groups in total. The van der Waals surface area contributed by atoms with Crippen LogP contribution in [0, 0.1) is 0 Å². The first-order valence-electron chi connectivity index (χ1n) is 10.3. The molecule has 1 atom stereocenters. The van der Waals surface area contributed by atoms with Crippen LogP contribution in [0.1, 0.15) is 37.8 Å². The summed E-state index contributed by atoms with van der Waals surface area (Å²) in [6.07, 6.45) is 2.84. The molecule has 158 valence electrons. The van der Waals surface area contributed by atoms with Crippen molar-refractivity contribution in [3.63, 3.8) is 0 Å². The van der Waals surface area contributed by atoms with Crippen LogP contribution in [0.2, 0.25) is 0 Å². The number of amides is 2. The highest BCUT2D eigenvalue weighted by Crippen LogP contribution is 2.38. The second-order valence-corrected chi connectivity index (χ2v) is 8.54. The van der Waals surface area contributed by atoms with E-state index in [2.05, 4.69) is 11.4 Å². The van der Waals surface area contributed by atoms with Gasteiger partial charge in [-0.05, 0) is 54.8 Å². The Morgan fingerprint density at radius 2 is 1.83 bits per heavy atom. The Morgan fingerprint density at radius 3 is 2.60 bits per heavy atom. The van der Waals surface area contributed by atoms with E-state index in [0.717, 1.165) is 53.5 Å². The molecule has 1 fully saturated rings. The molecule has 0 radical (unpaired) electrons. The molecule has 4 rings (SSSR count). The number of ether oxygens (including phenoxy) is 2. The highest BCUT2D eigenvalue weighted by molar-refractivity contribution is 8.00. The van der Waals surface area contributed by atoms with E-state index in [-0.39, 0.29) is 17.9 Å². The first-order valence-corrected chi connectivity index (χ1v) is 11.3. The van der Waals surface area contributed by atoms with Crippen LogP contribution in [0.15, 0.2) is 47.4 Å². The van der Waals surface area contributed by atoms with Crippen LogP contribution in [-0.2, 0) is 9.59 Å². The molecule has 1 saturated heterocycles. The van der Waals surface area contributed by atoms with Crippen LogP contribution in [0.5, 0.6) is 11.5 Å². The van der Waals surface area contributed by atoms with Crippen molar-refractivity contribution in [3.05, 3.63) is 48.0 Å².